The van der Waals surface area contributed by atoms with E-state index >= 15 is 0 Å². The van der Waals surface area contributed by atoms with E-state index in [4.69, 9.17) is 0 Å². The summed E-state index contributed by atoms with van der Waals surface area (Å²) in [6.07, 6.45) is 4.80. The van der Waals surface area contributed by atoms with Crippen molar-refractivity contribution in [1.29, 1.82) is 0 Å². The zero-order valence-electron chi connectivity index (χ0n) is 14.0. The third-order valence-electron chi connectivity index (χ3n) is 4.30. The third kappa shape index (κ3) is 3.01. The fraction of sp³-hybridized carbons (Fsp3) is 0.278. The smallest absolute Gasteiger partial charge is 0.232 e. The molecule has 0 amide bonds. The Labute approximate surface area is 142 Å². The van der Waals surface area contributed by atoms with Crippen LogP contribution in [0.5, 0.6) is 0 Å². The minimum absolute atomic E-state index is 0.114. The summed E-state index contributed by atoms with van der Waals surface area (Å²) in [5, 5.41) is 2.13. The van der Waals surface area contributed by atoms with Crippen LogP contribution in [0.15, 0.2) is 48.9 Å². The average Bonchev–Trinajstić information content (AvgIpc) is 3.07. The lowest BCUT2D eigenvalue weighted by atomic mass is 9.92. The van der Waals surface area contributed by atoms with Gasteiger partial charge in [-0.3, -0.25) is 4.31 Å². The van der Waals surface area contributed by atoms with Gasteiger partial charge in [-0.25, -0.2) is 13.4 Å². The molecule has 1 heterocycles. The number of fused-ring (bicyclic) bond motifs is 1. The molecule has 126 valence electrons. The molecular formula is C18H21N3O2S. The van der Waals surface area contributed by atoms with Gasteiger partial charge in [0.1, 0.15) is 0 Å². The molecule has 0 aliphatic heterocycles. The maximum Gasteiger partial charge on any atom is 0.232 e. The van der Waals surface area contributed by atoms with Gasteiger partial charge in [-0.15, -0.1) is 0 Å². The van der Waals surface area contributed by atoms with Gasteiger partial charge in [0, 0.05) is 18.7 Å². The lowest BCUT2D eigenvalue weighted by molar-refractivity contribution is 0.598. The van der Waals surface area contributed by atoms with Gasteiger partial charge in [-0.05, 0) is 35.4 Å². The molecule has 3 aromatic rings. The Hall–Kier alpha value is -2.34. The Bertz CT molecular complexity index is 950. The van der Waals surface area contributed by atoms with E-state index in [2.05, 4.69) is 23.0 Å². The molecule has 0 saturated heterocycles. The number of hydrogen-bond acceptors (Lipinski definition) is 3. The number of H-pyrrole nitrogens is 1. The molecule has 1 aromatic heterocycles. The van der Waals surface area contributed by atoms with Crippen LogP contribution in [0.4, 0.5) is 5.69 Å². The number of aromatic amines is 1. The second kappa shape index (κ2) is 6.28. The Morgan fingerprint density at radius 3 is 2.67 bits per heavy atom. The summed E-state index contributed by atoms with van der Waals surface area (Å²) in [5.74, 6) is 0.114. The molecular weight excluding hydrogens is 322 g/mol. The van der Waals surface area contributed by atoms with E-state index in [0.717, 1.165) is 22.0 Å². The van der Waals surface area contributed by atoms with Crippen LogP contribution in [0, 0.1) is 0 Å². The fourth-order valence-electron chi connectivity index (χ4n) is 3.09. The largest absolute Gasteiger partial charge is 0.351 e. The summed E-state index contributed by atoms with van der Waals surface area (Å²) in [4.78, 5) is 7.34. The minimum atomic E-state index is -3.30. The lowest BCUT2D eigenvalue weighted by Crippen LogP contribution is -2.29. The van der Waals surface area contributed by atoms with E-state index in [0.29, 0.717) is 12.2 Å². The summed E-state index contributed by atoms with van der Waals surface area (Å²) in [6.45, 7) is 4.34. The van der Waals surface area contributed by atoms with E-state index in [-0.39, 0.29) is 5.92 Å². The molecule has 24 heavy (non-hydrogen) atoms. The van der Waals surface area contributed by atoms with Gasteiger partial charge in [0.2, 0.25) is 10.0 Å². The van der Waals surface area contributed by atoms with Gasteiger partial charge in [0.25, 0.3) is 0 Å². The second-order valence-electron chi connectivity index (χ2n) is 5.90. The van der Waals surface area contributed by atoms with Gasteiger partial charge in [-0.2, -0.15) is 0 Å². The standard InChI is InChI=1S/C18H21N3O2S/c1-4-21(24(3,22)23)15-9-8-14-6-5-7-16(17(14)10-15)13(2)18-11-19-12-20-18/h5-13H,4H2,1-3H3,(H,19,20). The highest BCUT2D eigenvalue weighted by Crippen LogP contribution is 2.32. The molecule has 6 heteroatoms. The van der Waals surface area contributed by atoms with Gasteiger partial charge >= 0.3 is 0 Å². The minimum Gasteiger partial charge on any atom is -0.351 e. The number of benzene rings is 2. The Morgan fingerprint density at radius 2 is 2.04 bits per heavy atom. The maximum absolute atomic E-state index is 12.0. The van der Waals surface area contributed by atoms with Crippen molar-refractivity contribution in [3.8, 4) is 0 Å². The molecule has 3 rings (SSSR count). The summed E-state index contributed by atoms with van der Waals surface area (Å²) in [6, 6.07) is 11.9. The molecule has 0 radical (unpaired) electrons. The van der Waals surface area contributed by atoms with Crippen LogP contribution in [0.1, 0.15) is 31.0 Å². The quantitative estimate of drug-likeness (QED) is 0.771. The number of sulfonamides is 1. The van der Waals surface area contributed by atoms with Crippen molar-refractivity contribution in [2.45, 2.75) is 19.8 Å². The fourth-order valence-corrected chi connectivity index (χ4v) is 4.06. The van der Waals surface area contributed by atoms with Crippen molar-refractivity contribution >= 4 is 26.5 Å². The van der Waals surface area contributed by atoms with Gasteiger partial charge in [0.15, 0.2) is 0 Å². The van der Waals surface area contributed by atoms with Gasteiger partial charge in [-0.1, -0.05) is 31.2 Å². The first-order chi connectivity index (χ1) is 11.4. The van der Waals surface area contributed by atoms with E-state index in [1.807, 2.05) is 43.5 Å². The summed E-state index contributed by atoms with van der Waals surface area (Å²) in [5.41, 5.74) is 2.78. The van der Waals surface area contributed by atoms with E-state index < -0.39 is 10.0 Å². The van der Waals surface area contributed by atoms with Crippen LogP contribution >= 0.6 is 0 Å². The van der Waals surface area contributed by atoms with Crippen LogP contribution < -0.4 is 4.31 Å². The third-order valence-corrected chi connectivity index (χ3v) is 5.57. The molecule has 1 unspecified atom stereocenters. The first kappa shape index (κ1) is 16.5. The molecule has 0 bridgehead atoms. The van der Waals surface area contributed by atoms with Crippen molar-refractivity contribution in [2.75, 3.05) is 17.1 Å². The van der Waals surface area contributed by atoms with Crippen LogP contribution in [-0.2, 0) is 10.0 Å². The second-order valence-corrected chi connectivity index (χ2v) is 7.80. The van der Waals surface area contributed by atoms with Gasteiger partial charge < -0.3 is 4.98 Å². The summed E-state index contributed by atoms with van der Waals surface area (Å²) in [7, 11) is -3.30. The zero-order chi connectivity index (χ0) is 17.3. The zero-order valence-corrected chi connectivity index (χ0v) is 14.8. The number of nitrogens with one attached hydrogen (secondary N) is 1. The number of nitrogens with zero attached hydrogens (tertiary/aromatic N) is 2. The predicted molar refractivity (Wildman–Crippen MR) is 97.9 cm³/mol. The van der Waals surface area contributed by atoms with Crippen molar-refractivity contribution in [3.63, 3.8) is 0 Å². The molecule has 0 fully saturated rings. The van der Waals surface area contributed by atoms with Crippen molar-refractivity contribution in [3.05, 3.63) is 60.2 Å². The highest BCUT2D eigenvalue weighted by molar-refractivity contribution is 7.92. The molecule has 1 N–H and O–H groups in total. The molecule has 0 aliphatic carbocycles. The Balaban J connectivity index is 2.16. The number of aromatic nitrogens is 2. The van der Waals surface area contributed by atoms with E-state index in [9.17, 15) is 8.42 Å². The maximum atomic E-state index is 12.0. The lowest BCUT2D eigenvalue weighted by Gasteiger charge is -2.22. The highest BCUT2D eigenvalue weighted by atomic mass is 32.2. The van der Waals surface area contributed by atoms with Crippen molar-refractivity contribution in [2.24, 2.45) is 0 Å². The molecule has 2 aromatic carbocycles. The molecule has 1 atom stereocenters. The van der Waals surface area contributed by atoms with Gasteiger partial charge in [0.05, 0.1) is 24.0 Å². The topological polar surface area (TPSA) is 66.1 Å². The molecule has 5 nitrogen and oxygen atoms in total. The Morgan fingerprint density at radius 1 is 1.25 bits per heavy atom. The first-order valence-corrected chi connectivity index (χ1v) is 9.75. The molecule has 0 aliphatic rings. The molecule has 0 saturated carbocycles. The SMILES string of the molecule is CCN(c1ccc2cccc(C(C)c3c[nH]cn3)c2c1)S(C)(=O)=O. The van der Waals surface area contributed by atoms with Crippen molar-refractivity contribution in [1.82, 2.24) is 9.97 Å². The van der Waals surface area contributed by atoms with E-state index in [1.54, 1.807) is 6.33 Å². The number of rotatable bonds is 5. The normalized spacial score (nSPS) is 13.1. The number of anilines is 1. The van der Waals surface area contributed by atoms with Crippen LogP contribution in [0.25, 0.3) is 10.8 Å². The van der Waals surface area contributed by atoms with Crippen LogP contribution in [0.2, 0.25) is 0 Å². The highest BCUT2D eigenvalue weighted by Gasteiger charge is 2.18. The number of imidazole rings is 1. The molecule has 0 spiro atoms. The van der Waals surface area contributed by atoms with Crippen molar-refractivity contribution < 1.29 is 8.42 Å². The number of hydrogen-bond donors (Lipinski definition) is 1. The van der Waals surface area contributed by atoms with Crippen LogP contribution in [-0.4, -0.2) is 31.2 Å². The monoisotopic (exact) mass is 343 g/mol. The van der Waals surface area contributed by atoms with Crippen LogP contribution in [0.3, 0.4) is 0 Å². The summed E-state index contributed by atoms with van der Waals surface area (Å²) >= 11 is 0. The predicted octanol–water partition coefficient (Wildman–Crippen LogP) is 3.50. The first-order valence-electron chi connectivity index (χ1n) is 7.91. The Kier molecular flexibility index (Phi) is 4.32. The summed E-state index contributed by atoms with van der Waals surface area (Å²) < 4.78 is 25.5. The van der Waals surface area contributed by atoms with E-state index in [1.165, 1.54) is 10.6 Å². The average molecular weight is 343 g/mol.